The third-order valence-electron chi connectivity index (χ3n) is 4.72. The Balaban J connectivity index is 4.45. The smallest absolute Gasteiger partial charge is 0.244 e. The summed E-state index contributed by atoms with van der Waals surface area (Å²) in [6, 6.07) is -0.689. The van der Waals surface area contributed by atoms with Crippen molar-refractivity contribution in [1.29, 1.82) is 0 Å². The van der Waals surface area contributed by atoms with Crippen molar-refractivity contribution in [3.8, 4) is 0 Å². The van der Waals surface area contributed by atoms with Crippen molar-refractivity contribution >= 4 is 17.7 Å². The number of hydrogen-bond acceptors (Lipinski definition) is 3. The van der Waals surface area contributed by atoms with Crippen LogP contribution in [-0.4, -0.2) is 36.9 Å². The molecule has 6 heteroatoms. The van der Waals surface area contributed by atoms with Gasteiger partial charge in [-0.05, 0) is 38.2 Å². The molecule has 0 aliphatic rings. The van der Waals surface area contributed by atoms with Gasteiger partial charge in [0.05, 0.1) is 0 Å². The molecule has 29 heavy (non-hydrogen) atoms. The van der Waals surface area contributed by atoms with Crippen LogP contribution in [0.5, 0.6) is 0 Å². The van der Waals surface area contributed by atoms with E-state index in [4.69, 9.17) is 0 Å². The summed E-state index contributed by atoms with van der Waals surface area (Å²) in [4.78, 5) is 36.6. The first kappa shape index (κ1) is 27.1. The van der Waals surface area contributed by atoms with Gasteiger partial charge in [0, 0.05) is 19.5 Å². The van der Waals surface area contributed by atoms with E-state index in [0.29, 0.717) is 19.5 Å². The second-order valence-electron chi connectivity index (χ2n) is 7.55. The van der Waals surface area contributed by atoms with E-state index in [1.54, 1.807) is 0 Å². The van der Waals surface area contributed by atoms with Gasteiger partial charge in [0.25, 0.3) is 0 Å². The molecule has 0 aliphatic heterocycles. The highest BCUT2D eigenvalue weighted by molar-refractivity contribution is 5.93. The molecule has 0 heterocycles. The Hall–Kier alpha value is -1.85. The third-order valence-corrected chi connectivity index (χ3v) is 4.72. The van der Waals surface area contributed by atoms with E-state index >= 15 is 0 Å². The van der Waals surface area contributed by atoms with Crippen molar-refractivity contribution < 1.29 is 14.4 Å². The summed E-state index contributed by atoms with van der Waals surface area (Å²) in [6.07, 6.45) is 14.5. The predicted octanol–water partition coefficient (Wildman–Crippen LogP) is 4.00. The van der Waals surface area contributed by atoms with E-state index in [1.165, 1.54) is 31.8 Å². The second kappa shape index (κ2) is 19.5. The van der Waals surface area contributed by atoms with Crippen molar-refractivity contribution in [2.45, 2.75) is 104 Å². The van der Waals surface area contributed by atoms with Gasteiger partial charge in [0.1, 0.15) is 6.04 Å². The molecule has 1 atom stereocenters. The summed E-state index contributed by atoms with van der Waals surface area (Å²) in [5.41, 5.74) is 0. The number of carbonyl (C=O) groups is 3. The number of unbranched alkanes of at least 4 members (excludes halogenated alkanes) is 7. The predicted molar refractivity (Wildman–Crippen MR) is 120 cm³/mol. The average molecular weight is 410 g/mol. The highest BCUT2D eigenvalue weighted by atomic mass is 16.2. The zero-order valence-corrected chi connectivity index (χ0v) is 18.9. The monoisotopic (exact) mass is 409 g/mol. The lowest BCUT2D eigenvalue weighted by Crippen LogP contribution is -2.47. The minimum Gasteiger partial charge on any atom is -0.356 e. The molecular weight excluding hydrogens is 366 g/mol. The summed E-state index contributed by atoms with van der Waals surface area (Å²) in [6.45, 7) is 7.54. The summed E-state index contributed by atoms with van der Waals surface area (Å²) >= 11 is 0. The topological polar surface area (TPSA) is 87.3 Å². The number of amides is 3. The fourth-order valence-corrected chi connectivity index (χ4v) is 2.82. The van der Waals surface area contributed by atoms with E-state index in [1.807, 2.05) is 6.08 Å². The molecule has 0 bridgehead atoms. The quantitative estimate of drug-likeness (QED) is 0.236. The Bertz CT molecular complexity index is 478. The Morgan fingerprint density at radius 2 is 1.41 bits per heavy atom. The van der Waals surface area contributed by atoms with Crippen LogP contribution < -0.4 is 16.0 Å². The van der Waals surface area contributed by atoms with Crippen molar-refractivity contribution in [3.63, 3.8) is 0 Å². The van der Waals surface area contributed by atoms with Crippen LogP contribution in [0.15, 0.2) is 12.2 Å². The summed E-state index contributed by atoms with van der Waals surface area (Å²) in [5, 5.41) is 8.46. The van der Waals surface area contributed by atoms with Gasteiger partial charge >= 0.3 is 0 Å². The largest absolute Gasteiger partial charge is 0.356 e. The lowest BCUT2D eigenvalue weighted by atomic mass is 10.1. The molecule has 0 aromatic rings. The van der Waals surface area contributed by atoms with Gasteiger partial charge in [0.2, 0.25) is 17.7 Å². The van der Waals surface area contributed by atoms with Gasteiger partial charge < -0.3 is 16.0 Å². The Labute approximate surface area is 177 Å². The van der Waals surface area contributed by atoms with E-state index in [9.17, 15) is 14.4 Å². The highest BCUT2D eigenvalue weighted by Gasteiger charge is 2.20. The molecule has 0 saturated carbocycles. The zero-order valence-electron chi connectivity index (χ0n) is 18.9. The first-order chi connectivity index (χ1) is 14.0. The average Bonchev–Trinajstić information content (AvgIpc) is 2.70. The molecular formula is C23H43N3O3. The molecule has 0 unspecified atom stereocenters. The number of carbonyl (C=O) groups excluding carboxylic acids is 3. The lowest BCUT2D eigenvalue weighted by Gasteiger charge is -2.17. The van der Waals surface area contributed by atoms with Crippen LogP contribution in [0.2, 0.25) is 0 Å². The molecule has 0 rings (SSSR count). The first-order valence-corrected chi connectivity index (χ1v) is 11.6. The van der Waals surface area contributed by atoms with E-state index in [-0.39, 0.29) is 24.1 Å². The Morgan fingerprint density at radius 1 is 0.793 bits per heavy atom. The lowest BCUT2D eigenvalue weighted by molar-refractivity contribution is -0.128. The molecule has 3 N–H and O–H groups in total. The van der Waals surface area contributed by atoms with Gasteiger partial charge in [-0.1, -0.05) is 65.4 Å². The SMILES string of the molecule is CCCCCCC/C=C/C(=O)N[C@@H](CCC(=O)NCCCC)C(=O)NCCCC. The normalized spacial score (nSPS) is 12.0. The molecule has 0 spiro atoms. The van der Waals surface area contributed by atoms with E-state index in [0.717, 1.165) is 38.5 Å². The van der Waals surface area contributed by atoms with E-state index in [2.05, 4.69) is 36.7 Å². The van der Waals surface area contributed by atoms with Crippen LogP contribution in [0.25, 0.3) is 0 Å². The number of hydrogen-bond donors (Lipinski definition) is 3. The maximum absolute atomic E-state index is 12.4. The van der Waals surface area contributed by atoms with Gasteiger partial charge in [-0.15, -0.1) is 0 Å². The summed E-state index contributed by atoms with van der Waals surface area (Å²) in [5.74, 6) is -0.580. The van der Waals surface area contributed by atoms with Crippen LogP contribution in [0.1, 0.15) is 97.8 Å². The molecule has 0 saturated heterocycles. The minimum absolute atomic E-state index is 0.0818. The molecule has 0 fully saturated rings. The van der Waals surface area contributed by atoms with Crippen molar-refractivity contribution in [2.24, 2.45) is 0 Å². The van der Waals surface area contributed by atoms with Gasteiger partial charge in [-0.2, -0.15) is 0 Å². The minimum atomic E-state index is -0.689. The molecule has 6 nitrogen and oxygen atoms in total. The standard InChI is InChI=1S/C23H43N3O3/c1-4-7-10-11-12-13-14-15-22(28)26-20(23(29)25-19-9-6-3)16-17-21(27)24-18-8-5-2/h14-15,20H,4-13,16-19H2,1-3H3,(H,24,27)(H,25,29)(H,26,28)/b15-14+/t20-/m0/s1. The van der Waals surface area contributed by atoms with Gasteiger partial charge in [-0.3, -0.25) is 14.4 Å². The van der Waals surface area contributed by atoms with Crippen LogP contribution >= 0.6 is 0 Å². The maximum atomic E-state index is 12.4. The third kappa shape index (κ3) is 16.8. The van der Waals surface area contributed by atoms with Crippen LogP contribution in [-0.2, 0) is 14.4 Å². The van der Waals surface area contributed by atoms with Crippen molar-refractivity contribution in [2.75, 3.05) is 13.1 Å². The molecule has 3 amide bonds. The fraction of sp³-hybridized carbons (Fsp3) is 0.783. The van der Waals surface area contributed by atoms with Crippen molar-refractivity contribution in [1.82, 2.24) is 16.0 Å². The van der Waals surface area contributed by atoms with Crippen LogP contribution in [0, 0.1) is 0 Å². The molecule has 0 aliphatic carbocycles. The van der Waals surface area contributed by atoms with Crippen LogP contribution in [0.3, 0.4) is 0 Å². The number of allylic oxidation sites excluding steroid dienone is 1. The Morgan fingerprint density at radius 3 is 2.07 bits per heavy atom. The van der Waals surface area contributed by atoms with Crippen LogP contribution in [0.4, 0.5) is 0 Å². The van der Waals surface area contributed by atoms with E-state index < -0.39 is 6.04 Å². The summed E-state index contributed by atoms with van der Waals surface area (Å²) < 4.78 is 0. The number of rotatable bonds is 18. The van der Waals surface area contributed by atoms with Gasteiger partial charge in [0.15, 0.2) is 0 Å². The highest BCUT2D eigenvalue weighted by Crippen LogP contribution is 2.05. The molecule has 0 radical (unpaired) electrons. The molecule has 0 aromatic heterocycles. The van der Waals surface area contributed by atoms with Gasteiger partial charge in [-0.25, -0.2) is 0 Å². The summed E-state index contributed by atoms with van der Waals surface area (Å²) in [7, 11) is 0. The Kier molecular flexibility index (Phi) is 18.2. The fourth-order valence-electron chi connectivity index (χ4n) is 2.82. The molecule has 168 valence electrons. The zero-order chi connectivity index (χ0) is 21.7. The number of nitrogens with one attached hydrogen (secondary N) is 3. The molecule has 0 aromatic carbocycles. The first-order valence-electron chi connectivity index (χ1n) is 11.6. The maximum Gasteiger partial charge on any atom is 0.244 e. The second-order valence-corrected chi connectivity index (χ2v) is 7.55. The van der Waals surface area contributed by atoms with Crippen molar-refractivity contribution in [3.05, 3.63) is 12.2 Å².